The van der Waals surface area contributed by atoms with Crippen molar-refractivity contribution in [2.45, 2.75) is 71.1 Å². The van der Waals surface area contributed by atoms with Crippen LogP contribution in [0.2, 0.25) is 0 Å². The maximum Gasteiger partial charge on any atom is 0.372 e. The standard InChI is InChI=1S/C14H26O4.C6H4O5/c1-2-3-4-5-6-9-12-18-14(17)11-8-7-10-13(15)16;7-5(8)3-1-2-11-4(3)6(9)10/h2-12H2,1H3,(H,15,16);1-2H,(H,7,8)(H,9,10). The monoisotopic (exact) mass is 414 g/mol. The number of aromatic carboxylic acids is 2. The van der Waals surface area contributed by atoms with Gasteiger partial charge in [-0.1, -0.05) is 39.0 Å². The first-order valence-electron chi connectivity index (χ1n) is 9.71. The third kappa shape index (κ3) is 13.9. The van der Waals surface area contributed by atoms with Gasteiger partial charge in [0.1, 0.15) is 5.56 Å². The van der Waals surface area contributed by atoms with Crippen LogP contribution in [0.4, 0.5) is 0 Å². The molecular weight excluding hydrogens is 384 g/mol. The summed E-state index contributed by atoms with van der Waals surface area (Å²) in [4.78, 5) is 42.0. The van der Waals surface area contributed by atoms with E-state index in [1.807, 2.05) is 0 Å². The first-order valence-corrected chi connectivity index (χ1v) is 9.71. The molecule has 0 aliphatic carbocycles. The van der Waals surface area contributed by atoms with Crippen LogP contribution in [0, 0.1) is 0 Å². The molecule has 0 spiro atoms. The Morgan fingerprint density at radius 1 is 0.862 bits per heavy atom. The Labute approximate surface area is 169 Å². The highest BCUT2D eigenvalue weighted by Crippen LogP contribution is 2.09. The van der Waals surface area contributed by atoms with E-state index in [1.165, 1.54) is 25.7 Å². The van der Waals surface area contributed by atoms with Gasteiger partial charge in [0, 0.05) is 12.8 Å². The largest absolute Gasteiger partial charge is 0.481 e. The van der Waals surface area contributed by atoms with E-state index >= 15 is 0 Å². The van der Waals surface area contributed by atoms with E-state index < -0.39 is 23.7 Å². The lowest BCUT2D eigenvalue weighted by molar-refractivity contribution is -0.144. The Hall–Kier alpha value is -2.84. The summed E-state index contributed by atoms with van der Waals surface area (Å²) in [6.45, 7) is 2.69. The summed E-state index contributed by atoms with van der Waals surface area (Å²) in [7, 11) is 0. The van der Waals surface area contributed by atoms with E-state index in [9.17, 15) is 19.2 Å². The lowest BCUT2D eigenvalue weighted by Crippen LogP contribution is -2.06. The van der Waals surface area contributed by atoms with Crippen molar-refractivity contribution in [3.8, 4) is 0 Å². The molecule has 3 N–H and O–H groups in total. The van der Waals surface area contributed by atoms with Crippen LogP contribution in [-0.2, 0) is 14.3 Å². The van der Waals surface area contributed by atoms with Gasteiger partial charge in [0.15, 0.2) is 0 Å². The molecule has 9 nitrogen and oxygen atoms in total. The van der Waals surface area contributed by atoms with Gasteiger partial charge in [-0.05, 0) is 25.3 Å². The minimum absolute atomic E-state index is 0.130. The van der Waals surface area contributed by atoms with Gasteiger partial charge in [-0.2, -0.15) is 0 Å². The van der Waals surface area contributed by atoms with Crippen LogP contribution in [0.3, 0.4) is 0 Å². The fourth-order valence-electron chi connectivity index (χ4n) is 2.33. The molecule has 0 bridgehead atoms. The maximum absolute atomic E-state index is 11.3. The summed E-state index contributed by atoms with van der Waals surface area (Å²) < 4.78 is 9.48. The molecule has 1 rings (SSSR count). The molecule has 1 heterocycles. The van der Waals surface area contributed by atoms with Crippen molar-refractivity contribution in [1.29, 1.82) is 0 Å². The number of esters is 1. The zero-order chi connectivity index (χ0) is 22.1. The SMILES string of the molecule is CCCCCCCCOC(=O)CCCCC(=O)O.O=C(O)c1ccoc1C(=O)O. The lowest BCUT2D eigenvalue weighted by atomic mass is 10.1. The Bertz CT molecular complexity index is 605. The number of unbranched alkanes of at least 4 members (excludes halogenated alkanes) is 6. The first-order chi connectivity index (χ1) is 13.8. The summed E-state index contributed by atoms with van der Waals surface area (Å²) in [6, 6.07) is 1.09. The Morgan fingerprint density at radius 3 is 2.03 bits per heavy atom. The number of carboxylic acids is 3. The van der Waals surface area contributed by atoms with Gasteiger partial charge < -0.3 is 24.5 Å². The van der Waals surface area contributed by atoms with Crippen molar-refractivity contribution in [1.82, 2.24) is 0 Å². The van der Waals surface area contributed by atoms with Gasteiger partial charge in [0.25, 0.3) is 0 Å². The van der Waals surface area contributed by atoms with E-state index in [0.717, 1.165) is 25.2 Å². The Morgan fingerprint density at radius 2 is 1.48 bits per heavy atom. The van der Waals surface area contributed by atoms with E-state index in [0.29, 0.717) is 25.9 Å². The molecule has 0 amide bonds. The van der Waals surface area contributed by atoms with E-state index in [-0.39, 0.29) is 18.0 Å². The van der Waals surface area contributed by atoms with Crippen molar-refractivity contribution >= 4 is 23.9 Å². The number of rotatable bonds is 14. The number of carboxylic acid groups (broad SMARTS) is 3. The van der Waals surface area contributed by atoms with Crippen LogP contribution < -0.4 is 0 Å². The second-order valence-corrected chi connectivity index (χ2v) is 6.36. The topological polar surface area (TPSA) is 151 Å². The number of furan rings is 1. The molecule has 0 atom stereocenters. The quantitative estimate of drug-likeness (QED) is 0.300. The second kappa shape index (κ2) is 16.1. The van der Waals surface area contributed by atoms with Crippen LogP contribution in [-0.4, -0.2) is 45.8 Å². The van der Waals surface area contributed by atoms with Crippen LogP contribution in [0.5, 0.6) is 0 Å². The Kier molecular flexibility index (Phi) is 14.6. The highest BCUT2D eigenvalue weighted by Gasteiger charge is 2.18. The summed E-state index contributed by atoms with van der Waals surface area (Å²) in [5.74, 6) is -4.24. The van der Waals surface area contributed by atoms with Crippen LogP contribution in [0.1, 0.15) is 92.0 Å². The molecule has 0 unspecified atom stereocenters. The fourth-order valence-corrected chi connectivity index (χ4v) is 2.33. The van der Waals surface area contributed by atoms with Crippen molar-refractivity contribution in [2.24, 2.45) is 0 Å². The number of aliphatic carboxylic acids is 1. The average Bonchev–Trinajstić information content (AvgIpc) is 3.15. The molecule has 164 valence electrons. The first kappa shape index (κ1) is 26.2. The maximum atomic E-state index is 11.3. The molecule has 0 fully saturated rings. The van der Waals surface area contributed by atoms with E-state index in [2.05, 4.69) is 11.3 Å². The predicted octanol–water partition coefficient (Wildman–Crippen LogP) is 4.21. The number of ether oxygens (including phenoxy) is 1. The van der Waals surface area contributed by atoms with Gasteiger partial charge in [-0.25, -0.2) is 9.59 Å². The van der Waals surface area contributed by atoms with Crippen LogP contribution >= 0.6 is 0 Å². The molecule has 0 aromatic carbocycles. The van der Waals surface area contributed by atoms with Gasteiger partial charge >= 0.3 is 23.9 Å². The number of hydrogen-bond acceptors (Lipinski definition) is 6. The smallest absolute Gasteiger partial charge is 0.372 e. The highest BCUT2D eigenvalue weighted by molar-refractivity contribution is 5.99. The zero-order valence-electron chi connectivity index (χ0n) is 16.7. The molecule has 0 aliphatic heterocycles. The van der Waals surface area contributed by atoms with Crippen molar-refractivity contribution in [2.75, 3.05) is 6.61 Å². The molecule has 0 radical (unpaired) electrons. The summed E-state index contributed by atoms with van der Waals surface area (Å²) in [5, 5.41) is 25.2. The Balaban J connectivity index is 0.000000604. The molecule has 29 heavy (non-hydrogen) atoms. The third-order valence-electron chi connectivity index (χ3n) is 3.87. The summed E-state index contributed by atoms with van der Waals surface area (Å²) in [5.41, 5.74) is -0.336. The van der Waals surface area contributed by atoms with Gasteiger partial charge in [0.05, 0.1) is 12.9 Å². The van der Waals surface area contributed by atoms with Crippen molar-refractivity contribution < 1.29 is 43.7 Å². The molecule has 9 heteroatoms. The molecule has 0 aliphatic rings. The number of hydrogen-bond donors (Lipinski definition) is 3. The average molecular weight is 414 g/mol. The lowest BCUT2D eigenvalue weighted by Gasteiger charge is -2.04. The molecule has 1 aromatic heterocycles. The third-order valence-corrected chi connectivity index (χ3v) is 3.87. The number of carbonyl (C=O) groups is 4. The van der Waals surface area contributed by atoms with Gasteiger partial charge in [-0.3, -0.25) is 9.59 Å². The molecule has 1 aromatic rings. The number of carbonyl (C=O) groups excluding carboxylic acids is 1. The predicted molar refractivity (Wildman–Crippen MR) is 103 cm³/mol. The minimum atomic E-state index is -1.38. The van der Waals surface area contributed by atoms with Crippen molar-refractivity contribution in [3.05, 3.63) is 23.7 Å². The van der Waals surface area contributed by atoms with Crippen LogP contribution in [0.15, 0.2) is 16.7 Å². The highest BCUT2D eigenvalue weighted by atomic mass is 16.5. The van der Waals surface area contributed by atoms with Gasteiger partial charge in [0.2, 0.25) is 5.76 Å². The van der Waals surface area contributed by atoms with E-state index in [4.69, 9.17) is 20.1 Å². The van der Waals surface area contributed by atoms with E-state index in [1.54, 1.807) is 0 Å². The second-order valence-electron chi connectivity index (χ2n) is 6.36. The molecular formula is C20H30O9. The normalized spacial score (nSPS) is 9.97. The minimum Gasteiger partial charge on any atom is -0.481 e. The van der Waals surface area contributed by atoms with Crippen LogP contribution in [0.25, 0.3) is 0 Å². The van der Waals surface area contributed by atoms with Crippen molar-refractivity contribution in [3.63, 3.8) is 0 Å². The molecule has 0 saturated carbocycles. The summed E-state index contributed by atoms with van der Waals surface area (Å²) in [6.07, 6.45) is 9.68. The molecule has 0 saturated heterocycles. The van der Waals surface area contributed by atoms with Gasteiger partial charge in [-0.15, -0.1) is 0 Å². The summed E-state index contributed by atoms with van der Waals surface area (Å²) >= 11 is 0. The fraction of sp³-hybridized carbons (Fsp3) is 0.600. The zero-order valence-corrected chi connectivity index (χ0v) is 16.7.